The highest BCUT2D eigenvalue weighted by Gasteiger charge is 2.33. The van der Waals surface area contributed by atoms with E-state index >= 15 is 0 Å². The van der Waals surface area contributed by atoms with Crippen LogP contribution in [0.4, 0.5) is 8.78 Å². The summed E-state index contributed by atoms with van der Waals surface area (Å²) in [6.07, 6.45) is 4.55. The Morgan fingerprint density at radius 3 is 1.34 bits per heavy atom. The standard InChI is InChI=1S/C42H32F2O2Si/c1-25-9-19-41(45-25)37-21-35-31(27-11-15-29(43)16-12-27)5-3-7-33(35)39(37)23-47-24-40-34-8-4-6-32(28-13-17-30(44)18-14-28)36(34)22-38(40)42-20-10-26(2)46-42/h3-22,39-40H,23-24H2,1-2H3. The zero-order chi connectivity index (χ0) is 32.1. The molecule has 2 radical (unpaired) electrons. The van der Waals surface area contributed by atoms with Crippen LogP contribution in [0.5, 0.6) is 0 Å². The molecule has 0 N–H and O–H groups in total. The van der Waals surface area contributed by atoms with Crippen molar-refractivity contribution < 1.29 is 17.6 Å². The van der Waals surface area contributed by atoms with Gasteiger partial charge in [-0.2, -0.15) is 0 Å². The van der Waals surface area contributed by atoms with Crippen LogP contribution in [0.15, 0.2) is 118 Å². The van der Waals surface area contributed by atoms with E-state index in [4.69, 9.17) is 8.83 Å². The van der Waals surface area contributed by atoms with Gasteiger partial charge < -0.3 is 8.83 Å². The lowest BCUT2D eigenvalue weighted by molar-refractivity contribution is 0.518. The van der Waals surface area contributed by atoms with Gasteiger partial charge in [-0.1, -0.05) is 60.7 Å². The molecule has 0 fully saturated rings. The van der Waals surface area contributed by atoms with Crippen LogP contribution in [0.1, 0.15) is 57.1 Å². The van der Waals surface area contributed by atoms with Crippen molar-refractivity contribution in [3.8, 4) is 22.3 Å². The van der Waals surface area contributed by atoms with Crippen molar-refractivity contribution in [3.63, 3.8) is 0 Å². The molecule has 0 aliphatic heterocycles. The Morgan fingerprint density at radius 1 is 0.532 bits per heavy atom. The monoisotopic (exact) mass is 634 g/mol. The lowest BCUT2D eigenvalue weighted by Crippen LogP contribution is -2.07. The van der Waals surface area contributed by atoms with Crippen molar-refractivity contribution in [2.24, 2.45) is 0 Å². The van der Waals surface area contributed by atoms with Gasteiger partial charge in [0.1, 0.15) is 34.7 Å². The molecule has 2 heterocycles. The first-order valence-corrected chi connectivity index (χ1v) is 17.4. The van der Waals surface area contributed by atoms with Crippen molar-refractivity contribution in [1.29, 1.82) is 0 Å². The molecular weight excluding hydrogens is 603 g/mol. The Kier molecular flexibility index (Phi) is 7.49. The third-order valence-corrected chi connectivity index (χ3v) is 10.8. The maximum Gasteiger partial charge on any atom is 0.130 e. The summed E-state index contributed by atoms with van der Waals surface area (Å²) in [6, 6.07) is 36.6. The molecule has 0 amide bonds. The molecule has 2 atom stereocenters. The molecule has 8 rings (SSSR count). The van der Waals surface area contributed by atoms with Crippen LogP contribution >= 0.6 is 0 Å². The van der Waals surface area contributed by atoms with Gasteiger partial charge in [0.25, 0.3) is 0 Å². The minimum Gasteiger partial charge on any atom is -0.462 e. The fourth-order valence-electron chi connectivity index (χ4n) is 7.18. The van der Waals surface area contributed by atoms with Gasteiger partial charge in [-0.15, -0.1) is 0 Å². The number of furan rings is 2. The lowest BCUT2D eigenvalue weighted by atomic mass is 9.92. The van der Waals surface area contributed by atoms with Crippen molar-refractivity contribution >= 4 is 32.8 Å². The van der Waals surface area contributed by atoms with Gasteiger partial charge in [-0.25, -0.2) is 8.78 Å². The second-order valence-corrected chi connectivity index (χ2v) is 13.7. The Labute approximate surface area is 275 Å². The molecule has 5 heteroatoms. The largest absolute Gasteiger partial charge is 0.462 e. The molecular formula is C42H32F2O2Si. The predicted octanol–water partition coefficient (Wildman–Crippen LogP) is 11.6. The summed E-state index contributed by atoms with van der Waals surface area (Å²) in [6.45, 7) is 3.96. The van der Waals surface area contributed by atoms with Gasteiger partial charge in [-0.3, -0.25) is 0 Å². The molecule has 2 nitrogen and oxygen atoms in total. The van der Waals surface area contributed by atoms with Crippen molar-refractivity contribution in [2.75, 3.05) is 0 Å². The van der Waals surface area contributed by atoms with Crippen molar-refractivity contribution in [3.05, 3.63) is 166 Å². The molecule has 2 unspecified atom stereocenters. The van der Waals surface area contributed by atoms with E-state index in [2.05, 4.69) is 60.7 Å². The number of halogens is 2. The zero-order valence-corrected chi connectivity index (χ0v) is 27.2. The SMILES string of the molecule is Cc1ccc(C2=Cc3c(-c4ccc(F)cc4)cccc3C2C[Si]CC2C(c3ccc(C)o3)=Cc3c(-c4ccc(F)cc4)cccc32)o1. The van der Waals surface area contributed by atoms with Crippen LogP contribution in [0, 0.1) is 25.5 Å². The van der Waals surface area contributed by atoms with Gasteiger partial charge in [0.05, 0.1) is 0 Å². The topological polar surface area (TPSA) is 26.3 Å². The average molecular weight is 635 g/mol. The van der Waals surface area contributed by atoms with E-state index in [0.29, 0.717) is 9.52 Å². The third-order valence-electron chi connectivity index (χ3n) is 9.44. The number of fused-ring (bicyclic) bond motifs is 2. The van der Waals surface area contributed by atoms with Gasteiger partial charge in [0.2, 0.25) is 0 Å². The van der Waals surface area contributed by atoms with E-state index in [0.717, 1.165) is 57.4 Å². The first-order chi connectivity index (χ1) is 22.9. The molecule has 0 bridgehead atoms. The zero-order valence-electron chi connectivity index (χ0n) is 26.2. The van der Waals surface area contributed by atoms with Gasteiger partial charge >= 0.3 is 0 Å². The summed E-state index contributed by atoms with van der Waals surface area (Å²) in [5.74, 6) is 3.47. The molecule has 0 spiro atoms. The fraction of sp³-hybridized carbons (Fsp3) is 0.143. The van der Waals surface area contributed by atoms with Crippen LogP contribution in [0.2, 0.25) is 12.1 Å². The van der Waals surface area contributed by atoms with E-state index < -0.39 is 0 Å². The van der Waals surface area contributed by atoms with Crippen LogP contribution < -0.4 is 0 Å². The molecule has 47 heavy (non-hydrogen) atoms. The Morgan fingerprint density at radius 2 is 0.957 bits per heavy atom. The number of hydrogen-bond acceptors (Lipinski definition) is 2. The summed E-state index contributed by atoms with van der Waals surface area (Å²) < 4.78 is 40.0. The first kappa shape index (κ1) is 29.4. The Balaban J connectivity index is 1.13. The van der Waals surface area contributed by atoms with Crippen LogP contribution in [-0.2, 0) is 0 Å². The van der Waals surface area contributed by atoms with Crippen LogP contribution in [-0.4, -0.2) is 9.52 Å². The summed E-state index contributed by atoms with van der Waals surface area (Å²) in [7, 11) is 0.659. The van der Waals surface area contributed by atoms with Gasteiger partial charge in [0, 0.05) is 32.5 Å². The van der Waals surface area contributed by atoms with Gasteiger partial charge in [-0.05, 0) is 131 Å². The minimum absolute atomic E-state index is 0.180. The van der Waals surface area contributed by atoms with Crippen LogP contribution in [0.3, 0.4) is 0 Å². The molecule has 4 aromatic carbocycles. The number of benzene rings is 4. The minimum atomic E-state index is -0.237. The molecule has 2 aliphatic carbocycles. The number of rotatable bonds is 8. The summed E-state index contributed by atoms with van der Waals surface area (Å²) >= 11 is 0. The highest BCUT2D eigenvalue weighted by molar-refractivity contribution is 6.37. The number of allylic oxidation sites excluding steroid dienone is 2. The van der Waals surface area contributed by atoms with Gasteiger partial charge in [0.15, 0.2) is 0 Å². The second kappa shape index (κ2) is 12.0. The molecule has 2 aliphatic rings. The lowest BCUT2D eigenvalue weighted by Gasteiger charge is -2.20. The molecule has 230 valence electrons. The predicted molar refractivity (Wildman–Crippen MR) is 187 cm³/mol. The average Bonchev–Trinajstić information content (AvgIpc) is 3.87. The molecule has 2 aromatic heterocycles. The quantitative estimate of drug-likeness (QED) is 0.156. The van der Waals surface area contributed by atoms with Crippen molar-refractivity contribution in [1.82, 2.24) is 0 Å². The Hall–Kier alpha value is -5.00. The summed E-state index contributed by atoms with van der Waals surface area (Å²) in [4.78, 5) is 0. The molecule has 6 aromatic rings. The summed E-state index contributed by atoms with van der Waals surface area (Å²) in [5, 5.41) is 0. The highest BCUT2D eigenvalue weighted by atomic mass is 28.2. The van der Waals surface area contributed by atoms with Crippen molar-refractivity contribution in [2.45, 2.75) is 37.8 Å². The Bertz CT molecular complexity index is 2010. The smallest absolute Gasteiger partial charge is 0.130 e. The van der Waals surface area contributed by atoms with E-state index in [1.165, 1.54) is 57.7 Å². The first-order valence-electron chi connectivity index (χ1n) is 16.0. The maximum atomic E-state index is 13.8. The third kappa shape index (κ3) is 5.45. The molecule has 0 saturated heterocycles. The summed E-state index contributed by atoms with van der Waals surface area (Å²) in [5.41, 5.74) is 11.5. The second-order valence-electron chi connectivity index (χ2n) is 12.4. The fourth-order valence-corrected chi connectivity index (χ4v) is 8.81. The van der Waals surface area contributed by atoms with Crippen LogP contribution in [0.25, 0.3) is 45.6 Å². The van der Waals surface area contributed by atoms with E-state index in [1.54, 1.807) is 0 Å². The highest BCUT2D eigenvalue weighted by Crippen LogP contribution is 2.50. The van der Waals surface area contributed by atoms with E-state index in [1.807, 2.05) is 50.2 Å². The number of hydrogen-bond donors (Lipinski definition) is 0. The normalized spacial score (nSPS) is 16.6. The number of aryl methyl sites for hydroxylation is 2. The maximum absolute atomic E-state index is 13.8. The van der Waals surface area contributed by atoms with E-state index in [-0.39, 0.29) is 23.5 Å². The molecule has 0 saturated carbocycles. The van der Waals surface area contributed by atoms with E-state index in [9.17, 15) is 8.78 Å².